The molecule has 1 heterocycles. The molecule has 0 unspecified atom stereocenters. The standard InChI is InChI=1S/C15H20N2O2S/c1-3-8-19-13-6-4-5-12(10-13)14-11-17-15(20-14)16-7-9-18-2/h4-6,10-11H,3,7-9H2,1-2H3,(H,16,17). The molecule has 5 heteroatoms. The van der Waals surface area contributed by atoms with E-state index >= 15 is 0 Å². The van der Waals surface area contributed by atoms with Crippen molar-refractivity contribution in [3.63, 3.8) is 0 Å². The summed E-state index contributed by atoms with van der Waals surface area (Å²) < 4.78 is 10.7. The number of anilines is 1. The molecule has 0 fully saturated rings. The number of hydrogen-bond acceptors (Lipinski definition) is 5. The zero-order chi connectivity index (χ0) is 14.2. The summed E-state index contributed by atoms with van der Waals surface area (Å²) in [6.45, 7) is 4.29. The molecule has 1 N–H and O–H groups in total. The van der Waals surface area contributed by atoms with E-state index in [1.54, 1.807) is 18.4 Å². The van der Waals surface area contributed by atoms with Crippen molar-refractivity contribution in [1.29, 1.82) is 0 Å². The van der Waals surface area contributed by atoms with Gasteiger partial charge in [0.1, 0.15) is 5.75 Å². The molecule has 0 bridgehead atoms. The summed E-state index contributed by atoms with van der Waals surface area (Å²) >= 11 is 1.64. The van der Waals surface area contributed by atoms with Gasteiger partial charge < -0.3 is 14.8 Å². The average Bonchev–Trinajstić information content (AvgIpc) is 2.95. The quantitative estimate of drug-likeness (QED) is 0.754. The lowest BCUT2D eigenvalue weighted by molar-refractivity contribution is 0.211. The van der Waals surface area contributed by atoms with E-state index in [2.05, 4.69) is 29.4 Å². The molecule has 4 nitrogen and oxygen atoms in total. The van der Waals surface area contributed by atoms with Gasteiger partial charge in [0.15, 0.2) is 5.13 Å². The Morgan fingerprint density at radius 3 is 3.00 bits per heavy atom. The van der Waals surface area contributed by atoms with Crippen LogP contribution in [0.5, 0.6) is 5.75 Å². The molecule has 0 radical (unpaired) electrons. The Morgan fingerprint density at radius 1 is 1.30 bits per heavy atom. The minimum absolute atomic E-state index is 0.676. The molecule has 0 aliphatic heterocycles. The first-order valence-electron chi connectivity index (χ1n) is 6.75. The third kappa shape index (κ3) is 4.21. The Labute approximate surface area is 123 Å². The topological polar surface area (TPSA) is 43.4 Å². The van der Waals surface area contributed by atoms with Crippen LogP contribution in [0.1, 0.15) is 13.3 Å². The molecule has 108 valence electrons. The van der Waals surface area contributed by atoms with Crippen LogP contribution in [0.3, 0.4) is 0 Å². The Kier molecular flexibility index (Phi) is 5.83. The smallest absolute Gasteiger partial charge is 0.183 e. The molecular weight excluding hydrogens is 272 g/mol. The van der Waals surface area contributed by atoms with Crippen LogP contribution < -0.4 is 10.1 Å². The maximum Gasteiger partial charge on any atom is 0.183 e. The van der Waals surface area contributed by atoms with Crippen molar-refractivity contribution < 1.29 is 9.47 Å². The minimum Gasteiger partial charge on any atom is -0.494 e. The lowest BCUT2D eigenvalue weighted by Gasteiger charge is -2.05. The van der Waals surface area contributed by atoms with E-state index in [-0.39, 0.29) is 0 Å². The first-order chi connectivity index (χ1) is 9.83. The van der Waals surface area contributed by atoms with Crippen LogP contribution in [0.4, 0.5) is 5.13 Å². The minimum atomic E-state index is 0.676. The molecule has 20 heavy (non-hydrogen) atoms. The van der Waals surface area contributed by atoms with Gasteiger partial charge in [-0.25, -0.2) is 4.98 Å². The van der Waals surface area contributed by atoms with Crippen molar-refractivity contribution in [1.82, 2.24) is 4.98 Å². The zero-order valence-electron chi connectivity index (χ0n) is 11.9. The van der Waals surface area contributed by atoms with Crippen LogP contribution in [-0.4, -0.2) is 31.9 Å². The van der Waals surface area contributed by atoms with E-state index in [1.807, 2.05) is 18.3 Å². The highest BCUT2D eigenvalue weighted by atomic mass is 32.1. The predicted molar refractivity (Wildman–Crippen MR) is 83.7 cm³/mol. The molecule has 1 aromatic carbocycles. The Bertz CT molecular complexity index is 528. The van der Waals surface area contributed by atoms with Crippen molar-refractivity contribution in [3.05, 3.63) is 30.5 Å². The number of hydrogen-bond donors (Lipinski definition) is 1. The van der Waals surface area contributed by atoms with Crippen LogP contribution >= 0.6 is 11.3 Å². The first kappa shape index (κ1) is 14.8. The third-order valence-corrected chi connectivity index (χ3v) is 3.68. The van der Waals surface area contributed by atoms with Gasteiger partial charge in [-0.15, -0.1) is 0 Å². The molecule has 0 saturated heterocycles. The fraction of sp³-hybridized carbons (Fsp3) is 0.400. The molecule has 0 amide bonds. The van der Waals surface area contributed by atoms with Gasteiger partial charge in [-0.2, -0.15) is 0 Å². The van der Waals surface area contributed by atoms with Crippen molar-refractivity contribution >= 4 is 16.5 Å². The van der Waals surface area contributed by atoms with E-state index in [0.29, 0.717) is 6.61 Å². The summed E-state index contributed by atoms with van der Waals surface area (Å²) in [6, 6.07) is 8.13. The Morgan fingerprint density at radius 2 is 2.20 bits per heavy atom. The molecule has 0 atom stereocenters. The second-order valence-electron chi connectivity index (χ2n) is 4.33. The van der Waals surface area contributed by atoms with Gasteiger partial charge in [0, 0.05) is 19.9 Å². The Balaban J connectivity index is 2.03. The molecule has 2 aromatic rings. The lowest BCUT2D eigenvalue weighted by Crippen LogP contribution is -2.06. The molecule has 0 aliphatic carbocycles. The van der Waals surface area contributed by atoms with E-state index in [9.17, 15) is 0 Å². The molecule has 2 rings (SSSR count). The number of benzene rings is 1. The van der Waals surface area contributed by atoms with Crippen LogP contribution in [0, 0.1) is 0 Å². The highest BCUT2D eigenvalue weighted by Crippen LogP contribution is 2.30. The van der Waals surface area contributed by atoms with Crippen molar-refractivity contribution in [2.24, 2.45) is 0 Å². The van der Waals surface area contributed by atoms with Crippen molar-refractivity contribution in [2.45, 2.75) is 13.3 Å². The first-order valence-corrected chi connectivity index (χ1v) is 7.57. The molecular formula is C15H20N2O2S. The third-order valence-electron chi connectivity index (χ3n) is 2.68. The number of thiazole rings is 1. The molecule has 0 spiro atoms. The second kappa shape index (κ2) is 7.87. The highest BCUT2D eigenvalue weighted by Gasteiger charge is 2.05. The summed E-state index contributed by atoms with van der Waals surface area (Å²) in [4.78, 5) is 5.50. The van der Waals surface area contributed by atoms with Crippen LogP contribution in [0.2, 0.25) is 0 Å². The van der Waals surface area contributed by atoms with E-state index in [4.69, 9.17) is 9.47 Å². The lowest BCUT2D eigenvalue weighted by atomic mass is 10.2. The van der Waals surface area contributed by atoms with E-state index < -0.39 is 0 Å². The summed E-state index contributed by atoms with van der Waals surface area (Å²) in [5, 5.41) is 4.15. The highest BCUT2D eigenvalue weighted by molar-refractivity contribution is 7.18. The van der Waals surface area contributed by atoms with Gasteiger partial charge in [-0.05, 0) is 24.1 Å². The van der Waals surface area contributed by atoms with Gasteiger partial charge in [0.05, 0.1) is 18.1 Å². The van der Waals surface area contributed by atoms with Gasteiger partial charge in [-0.1, -0.05) is 30.4 Å². The number of rotatable bonds is 8. The van der Waals surface area contributed by atoms with E-state index in [1.165, 1.54) is 0 Å². The summed E-state index contributed by atoms with van der Waals surface area (Å²) in [5.74, 6) is 0.909. The van der Waals surface area contributed by atoms with Crippen LogP contribution in [0.15, 0.2) is 30.5 Å². The SMILES string of the molecule is CCCOc1cccc(-c2cnc(NCCOC)s2)c1. The number of ether oxygens (including phenoxy) is 2. The predicted octanol–water partition coefficient (Wildman–Crippen LogP) is 3.66. The number of aromatic nitrogens is 1. The van der Waals surface area contributed by atoms with Crippen molar-refractivity contribution in [2.75, 3.05) is 32.2 Å². The van der Waals surface area contributed by atoms with E-state index in [0.717, 1.165) is 40.9 Å². The summed E-state index contributed by atoms with van der Waals surface area (Å²) in [6.07, 6.45) is 2.90. The number of methoxy groups -OCH3 is 1. The van der Waals surface area contributed by atoms with Crippen molar-refractivity contribution in [3.8, 4) is 16.2 Å². The summed E-state index contributed by atoms with van der Waals surface area (Å²) in [7, 11) is 1.69. The molecule has 0 saturated carbocycles. The Hall–Kier alpha value is -1.59. The van der Waals surface area contributed by atoms with Crippen LogP contribution in [-0.2, 0) is 4.74 Å². The molecule has 1 aromatic heterocycles. The number of nitrogens with one attached hydrogen (secondary N) is 1. The normalized spacial score (nSPS) is 10.5. The van der Waals surface area contributed by atoms with Gasteiger partial charge in [0.2, 0.25) is 0 Å². The van der Waals surface area contributed by atoms with Gasteiger partial charge >= 0.3 is 0 Å². The van der Waals surface area contributed by atoms with Gasteiger partial charge in [0.25, 0.3) is 0 Å². The van der Waals surface area contributed by atoms with Crippen LogP contribution in [0.25, 0.3) is 10.4 Å². The maximum atomic E-state index is 5.66. The number of nitrogens with zero attached hydrogens (tertiary/aromatic N) is 1. The molecule has 0 aliphatic rings. The average molecular weight is 292 g/mol. The fourth-order valence-electron chi connectivity index (χ4n) is 1.71. The largest absolute Gasteiger partial charge is 0.494 e. The second-order valence-corrected chi connectivity index (χ2v) is 5.36. The maximum absolute atomic E-state index is 5.66. The summed E-state index contributed by atoms with van der Waals surface area (Å²) in [5.41, 5.74) is 1.14. The monoisotopic (exact) mass is 292 g/mol. The fourth-order valence-corrected chi connectivity index (χ4v) is 2.55. The zero-order valence-corrected chi connectivity index (χ0v) is 12.7. The van der Waals surface area contributed by atoms with Gasteiger partial charge in [-0.3, -0.25) is 0 Å².